The van der Waals surface area contributed by atoms with Gasteiger partial charge in [0, 0.05) is 31.5 Å². The normalized spacial score (nSPS) is 10.5. The highest BCUT2D eigenvalue weighted by Crippen LogP contribution is 2.13. The van der Waals surface area contributed by atoms with Gasteiger partial charge in [-0.1, -0.05) is 13.3 Å². The predicted molar refractivity (Wildman–Crippen MR) is 80.9 cm³/mol. The van der Waals surface area contributed by atoms with Gasteiger partial charge in [0.25, 0.3) is 5.91 Å². The summed E-state index contributed by atoms with van der Waals surface area (Å²) in [6, 6.07) is 3.38. The Morgan fingerprint density at radius 1 is 1.48 bits per heavy atom. The smallest absolute Gasteiger partial charge is 0.254 e. The predicted octanol–water partition coefficient (Wildman–Crippen LogP) is 0.401. The number of aryl methyl sites for hydroxylation is 1. The second kappa shape index (κ2) is 9.28. The number of aliphatic hydroxyl groups excluding tert-OH is 1. The molecule has 21 heavy (non-hydrogen) atoms. The standard InChI is InChI=1S/C14H24N4O3/c1-3-4-12-9-11(10-13(16-12)17-15)14(20)18(5-7-19)6-8-21-2/h9-10,19H,3-8,15H2,1-2H3,(H,16,17). The van der Waals surface area contributed by atoms with Crippen LogP contribution >= 0.6 is 0 Å². The zero-order valence-corrected chi connectivity index (χ0v) is 12.6. The molecule has 0 bridgehead atoms. The van der Waals surface area contributed by atoms with E-state index < -0.39 is 0 Å². The van der Waals surface area contributed by atoms with Crippen molar-refractivity contribution in [2.45, 2.75) is 19.8 Å². The Hall–Kier alpha value is -1.70. The van der Waals surface area contributed by atoms with E-state index in [9.17, 15) is 4.79 Å². The summed E-state index contributed by atoms with van der Waals surface area (Å²) in [7, 11) is 1.57. The Bertz CT molecular complexity index is 454. The van der Waals surface area contributed by atoms with Crippen LogP contribution in [0.2, 0.25) is 0 Å². The lowest BCUT2D eigenvalue weighted by molar-refractivity contribution is 0.0656. The first-order chi connectivity index (χ1) is 10.2. The molecular weight excluding hydrogens is 272 g/mol. The van der Waals surface area contributed by atoms with Crippen molar-refractivity contribution in [1.82, 2.24) is 9.88 Å². The number of nitrogens with zero attached hydrogens (tertiary/aromatic N) is 2. The summed E-state index contributed by atoms with van der Waals surface area (Å²) < 4.78 is 4.99. The monoisotopic (exact) mass is 296 g/mol. The number of carbonyl (C=O) groups excluding carboxylic acids is 1. The molecule has 0 radical (unpaired) electrons. The van der Waals surface area contributed by atoms with E-state index in [1.807, 2.05) is 6.92 Å². The van der Waals surface area contributed by atoms with Crippen LogP contribution in [-0.4, -0.2) is 54.3 Å². The second-order valence-electron chi connectivity index (χ2n) is 4.64. The van der Waals surface area contributed by atoms with Crippen LogP contribution in [0, 0.1) is 0 Å². The van der Waals surface area contributed by atoms with Crippen LogP contribution in [-0.2, 0) is 11.2 Å². The zero-order valence-electron chi connectivity index (χ0n) is 12.6. The van der Waals surface area contributed by atoms with Gasteiger partial charge in [-0.05, 0) is 18.6 Å². The van der Waals surface area contributed by atoms with Crippen LogP contribution in [0.15, 0.2) is 12.1 Å². The molecule has 1 rings (SSSR count). The van der Waals surface area contributed by atoms with Crippen molar-refractivity contribution in [2.75, 3.05) is 38.8 Å². The maximum atomic E-state index is 12.5. The lowest BCUT2D eigenvalue weighted by atomic mass is 10.1. The van der Waals surface area contributed by atoms with Gasteiger partial charge in [0.05, 0.1) is 13.2 Å². The maximum absolute atomic E-state index is 12.5. The summed E-state index contributed by atoms with van der Waals surface area (Å²) in [6.45, 7) is 3.05. The number of anilines is 1. The molecule has 0 spiro atoms. The van der Waals surface area contributed by atoms with E-state index in [1.165, 1.54) is 0 Å². The van der Waals surface area contributed by atoms with Crippen molar-refractivity contribution in [2.24, 2.45) is 5.84 Å². The van der Waals surface area contributed by atoms with Crippen molar-refractivity contribution >= 4 is 11.7 Å². The Balaban J connectivity index is 2.98. The number of nitrogen functional groups attached to an aromatic ring is 1. The summed E-state index contributed by atoms with van der Waals surface area (Å²) in [5, 5.41) is 9.09. The third-order valence-corrected chi connectivity index (χ3v) is 3.00. The Morgan fingerprint density at radius 3 is 2.81 bits per heavy atom. The summed E-state index contributed by atoms with van der Waals surface area (Å²) in [6.07, 6.45) is 1.70. The molecular formula is C14H24N4O3. The van der Waals surface area contributed by atoms with Gasteiger partial charge < -0.3 is 20.2 Å². The molecule has 0 aromatic carbocycles. The quantitative estimate of drug-likeness (QED) is 0.450. The van der Waals surface area contributed by atoms with E-state index in [1.54, 1.807) is 24.1 Å². The van der Waals surface area contributed by atoms with E-state index >= 15 is 0 Å². The Labute approximate surface area is 125 Å². The van der Waals surface area contributed by atoms with Gasteiger partial charge in [0.2, 0.25) is 0 Å². The molecule has 7 heteroatoms. The van der Waals surface area contributed by atoms with Crippen LogP contribution in [0.3, 0.4) is 0 Å². The average molecular weight is 296 g/mol. The topological polar surface area (TPSA) is 101 Å². The van der Waals surface area contributed by atoms with Crippen molar-refractivity contribution in [3.63, 3.8) is 0 Å². The molecule has 1 aromatic heterocycles. The molecule has 0 fully saturated rings. The fourth-order valence-corrected chi connectivity index (χ4v) is 1.99. The number of hydrazine groups is 1. The molecule has 0 aliphatic rings. The highest BCUT2D eigenvalue weighted by atomic mass is 16.5. The minimum absolute atomic E-state index is 0.0929. The first kappa shape index (κ1) is 17.4. The number of rotatable bonds is 9. The van der Waals surface area contributed by atoms with Gasteiger partial charge in [-0.3, -0.25) is 4.79 Å². The van der Waals surface area contributed by atoms with Crippen molar-refractivity contribution in [3.8, 4) is 0 Å². The molecule has 1 amide bonds. The lowest BCUT2D eigenvalue weighted by Crippen LogP contribution is -2.36. The largest absolute Gasteiger partial charge is 0.395 e. The molecule has 118 valence electrons. The molecule has 1 aromatic rings. The summed E-state index contributed by atoms with van der Waals surface area (Å²) in [4.78, 5) is 18.4. The number of aliphatic hydroxyl groups is 1. The van der Waals surface area contributed by atoms with Crippen LogP contribution < -0.4 is 11.3 Å². The Kier molecular flexibility index (Phi) is 7.66. The average Bonchev–Trinajstić information content (AvgIpc) is 2.50. The number of hydrogen-bond acceptors (Lipinski definition) is 6. The SMILES string of the molecule is CCCc1cc(C(=O)N(CCO)CCOC)cc(NN)n1. The van der Waals surface area contributed by atoms with Crippen LogP contribution in [0.4, 0.5) is 5.82 Å². The van der Waals surface area contributed by atoms with E-state index in [2.05, 4.69) is 10.4 Å². The number of nitrogens with two attached hydrogens (primary N) is 1. The minimum Gasteiger partial charge on any atom is -0.395 e. The molecule has 0 unspecified atom stereocenters. The zero-order chi connectivity index (χ0) is 15.7. The first-order valence-electron chi connectivity index (χ1n) is 7.02. The highest BCUT2D eigenvalue weighted by molar-refractivity contribution is 5.95. The van der Waals surface area contributed by atoms with Crippen LogP contribution in [0.5, 0.6) is 0 Å². The molecule has 0 aliphatic heterocycles. The van der Waals surface area contributed by atoms with Gasteiger partial charge >= 0.3 is 0 Å². The molecule has 0 saturated carbocycles. The van der Waals surface area contributed by atoms with E-state index in [0.717, 1.165) is 18.5 Å². The molecule has 1 heterocycles. The van der Waals surface area contributed by atoms with E-state index in [0.29, 0.717) is 24.5 Å². The summed E-state index contributed by atoms with van der Waals surface area (Å²) in [5.74, 6) is 5.69. The van der Waals surface area contributed by atoms with Crippen molar-refractivity contribution < 1.29 is 14.6 Å². The van der Waals surface area contributed by atoms with Gasteiger partial charge in [-0.25, -0.2) is 10.8 Å². The van der Waals surface area contributed by atoms with Gasteiger partial charge in [0.15, 0.2) is 0 Å². The minimum atomic E-state index is -0.169. The molecule has 0 aliphatic carbocycles. The number of carbonyl (C=O) groups is 1. The fourth-order valence-electron chi connectivity index (χ4n) is 1.99. The molecule has 4 N–H and O–H groups in total. The number of amides is 1. The van der Waals surface area contributed by atoms with Crippen LogP contribution in [0.25, 0.3) is 0 Å². The Morgan fingerprint density at radius 2 is 2.24 bits per heavy atom. The molecule has 7 nitrogen and oxygen atoms in total. The molecule has 0 saturated heterocycles. The summed E-state index contributed by atoms with van der Waals surface area (Å²) >= 11 is 0. The van der Waals surface area contributed by atoms with Crippen molar-refractivity contribution in [3.05, 3.63) is 23.4 Å². The highest BCUT2D eigenvalue weighted by Gasteiger charge is 2.17. The van der Waals surface area contributed by atoms with Crippen molar-refractivity contribution in [1.29, 1.82) is 0 Å². The number of methoxy groups -OCH3 is 1. The third-order valence-electron chi connectivity index (χ3n) is 3.00. The lowest BCUT2D eigenvalue weighted by Gasteiger charge is -2.22. The van der Waals surface area contributed by atoms with Gasteiger partial charge in [-0.15, -0.1) is 0 Å². The number of hydrogen-bond donors (Lipinski definition) is 3. The number of pyridine rings is 1. The molecule has 0 atom stereocenters. The maximum Gasteiger partial charge on any atom is 0.254 e. The number of aromatic nitrogens is 1. The van der Waals surface area contributed by atoms with Crippen LogP contribution in [0.1, 0.15) is 29.4 Å². The third kappa shape index (κ3) is 5.30. The number of ether oxygens (including phenoxy) is 1. The summed E-state index contributed by atoms with van der Waals surface area (Å²) in [5.41, 5.74) is 3.80. The fraction of sp³-hybridized carbons (Fsp3) is 0.571. The second-order valence-corrected chi connectivity index (χ2v) is 4.64. The first-order valence-corrected chi connectivity index (χ1v) is 7.02. The van der Waals surface area contributed by atoms with Gasteiger partial charge in [0.1, 0.15) is 5.82 Å². The van der Waals surface area contributed by atoms with Gasteiger partial charge in [-0.2, -0.15) is 0 Å². The van der Waals surface area contributed by atoms with E-state index in [4.69, 9.17) is 15.7 Å². The number of nitrogens with one attached hydrogen (secondary N) is 1. The van der Waals surface area contributed by atoms with E-state index in [-0.39, 0.29) is 19.1 Å².